The molecule has 0 saturated carbocycles. The van der Waals surface area contributed by atoms with Gasteiger partial charge in [0, 0.05) is 19.7 Å². The lowest BCUT2D eigenvalue weighted by atomic mass is 10.2. The van der Waals surface area contributed by atoms with Gasteiger partial charge in [-0.25, -0.2) is 4.79 Å². The standard InChI is InChI=1S/C13H17NO4S/c1-9(15)5-7-14(2)13(18)12-10(6-8-19-12)3-4-11(16)17/h3-4,6,8-9,15H,5,7H2,1-2H3,(H,16,17)/b4-3+. The Labute approximate surface area is 115 Å². The van der Waals surface area contributed by atoms with Crippen LogP contribution in [0, 0.1) is 0 Å². The van der Waals surface area contributed by atoms with Crippen molar-refractivity contribution in [1.82, 2.24) is 4.90 Å². The molecule has 1 heterocycles. The second-order valence-electron chi connectivity index (χ2n) is 4.24. The first-order chi connectivity index (χ1) is 8.91. The summed E-state index contributed by atoms with van der Waals surface area (Å²) in [5, 5.41) is 19.5. The molecule has 1 unspecified atom stereocenters. The summed E-state index contributed by atoms with van der Waals surface area (Å²) < 4.78 is 0. The fraction of sp³-hybridized carbons (Fsp3) is 0.385. The van der Waals surface area contributed by atoms with Gasteiger partial charge in [-0.15, -0.1) is 11.3 Å². The molecule has 0 radical (unpaired) electrons. The SMILES string of the molecule is CC(O)CCN(C)C(=O)c1sccc1/C=C/C(=O)O. The van der Waals surface area contributed by atoms with Gasteiger partial charge in [0.05, 0.1) is 11.0 Å². The van der Waals surface area contributed by atoms with Gasteiger partial charge >= 0.3 is 5.97 Å². The number of hydrogen-bond acceptors (Lipinski definition) is 4. The van der Waals surface area contributed by atoms with E-state index in [0.29, 0.717) is 23.4 Å². The summed E-state index contributed by atoms with van der Waals surface area (Å²) in [5.74, 6) is -1.22. The van der Waals surface area contributed by atoms with Crippen LogP contribution in [0.5, 0.6) is 0 Å². The summed E-state index contributed by atoms with van der Waals surface area (Å²) in [7, 11) is 1.66. The van der Waals surface area contributed by atoms with Crippen molar-refractivity contribution in [2.24, 2.45) is 0 Å². The molecule has 1 rings (SSSR count). The summed E-state index contributed by atoms with van der Waals surface area (Å²) in [6, 6.07) is 1.71. The third kappa shape index (κ3) is 4.84. The maximum Gasteiger partial charge on any atom is 0.328 e. The molecule has 19 heavy (non-hydrogen) atoms. The molecule has 0 bridgehead atoms. The van der Waals surface area contributed by atoms with Crippen LogP contribution in [0.3, 0.4) is 0 Å². The van der Waals surface area contributed by atoms with Gasteiger partial charge in [0.25, 0.3) is 5.91 Å². The first-order valence-electron chi connectivity index (χ1n) is 5.84. The summed E-state index contributed by atoms with van der Waals surface area (Å²) in [6.45, 7) is 2.13. The maximum atomic E-state index is 12.2. The van der Waals surface area contributed by atoms with Gasteiger partial charge in [-0.05, 0) is 36.4 Å². The van der Waals surface area contributed by atoms with E-state index in [1.165, 1.54) is 22.3 Å². The van der Waals surface area contributed by atoms with Crippen LogP contribution in [-0.4, -0.2) is 46.7 Å². The number of aliphatic hydroxyl groups is 1. The Morgan fingerprint density at radius 3 is 2.79 bits per heavy atom. The highest BCUT2D eigenvalue weighted by molar-refractivity contribution is 7.12. The smallest absolute Gasteiger partial charge is 0.328 e. The van der Waals surface area contributed by atoms with Gasteiger partial charge < -0.3 is 15.1 Å². The summed E-state index contributed by atoms with van der Waals surface area (Å²) in [6.07, 6.45) is 2.47. The maximum absolute atomic E-state index is 12.2. The van der Waals surface area contributed by atoms with Crippen LogP contribution in [-0.2, 0) is 4.79 Å². The number of amides is 1. The first-order valence-corrected chi connectivity index (χ1v) is 6.71. The Kier molecular flexibility index (Phi) is 5.72. The Morgan fingerprint density at radius 1 is 1.53 bits per heavy atom. The van der Waals surface area contributed by atoms with Crippen LogP contribution >= 0.6 is 11.3 Å². The largest absolute Gasteiger partial charge is 0.478 e. The third-order valence-electron chi connectivity index (χ3n) is 2.52. The molecule has 2 N–H and O–H groups in total. The average molecular weight is 283 g/mol. The van der Waals surface area contributed by atoms with Crippen LogP contribution in [0.25, 0.3) is 6.08 Å². The zero-order valence-electron chi connectivity index (χ0n) is 10.9. The van der Waals surface area contributed by atoms with E-state index in [2.05, 4.69) is 0 Å². The van der Waals surface area contributed by atoms with Crippen molar-refractivity contribution >= 4 is 29.3 Å². The lowest BCUT2D eigenvalue weighted by molar-refractivity contribution is -0.131. The van der Waals surface area contributed by atoms with Crippen LogP contribution in [0.15, 0.2) is 17.5 Å². The molecule has 0 aromatic carbocycles. The Bertz CT molecular complexity index is 479. The first kappa shape index (κ1) is 15.4. The quantitative estimate of drug-likeness (QED) is 0.779. The number of carbonyl (C=O) groups is 2. The monoisotopic (exact) mass is 283 g/mol. The van der Waals surface area contributed by atoms with Gasteiger partial charge in [0.2, 0.25) is 0 Å². The predicted molar refractivity (Wildman–Crippen MR) is 74.2 cm³/mol. The van der Waals surface area contributed by atoms with Crippen molar-refractivity contribution < 1.29 is 19.8 Å². The zero-order chi connectivity index (χ0) is 14.4. The fourth-order valence-electron chi connectivity index (χ4n) is 1.44. The molecule has 0 fully saturated rings. The Morgan fingerprint density at radius 2 is 2.21 bits per heavy atom. The van der Waals surface area contributed by atoms with E-state index < -0.39 is 12.1 Å². The normalized spacial score (nSPS) is 12.6. The Balaban J connectivity index is 2.77. The number of rotatable bonds is 6. The van der Waals surface area contributed by atoms with Gasteiger partial charge in [0.15, 0.2) is 0 Å². The van der Waals surface area contributed by atoms with Crippen LogP contribution in [0.1, 0.15) is 28.6 Å². The molecule has 1 aromatic heterocycles. The summed E-state index contributed by atoms with van der Waals surface area (Å²) >= 11 is 1.27. The number of carboxylic acid groups (broad SMARTS) is 1. The number of aliphatic carboxylic acids is 1. The van der Waals surface area contributed by atoms with Crippen molar-refractivity contribution in [2.75, 3.05) is 13.6 Å². The highest BCUT2D eigenvalue weighted by atomic mass is 32.1. The van der Waals surface area contributed by atoms with E-state index >= 15 is 0 Å². The summed E-state index contributed by atoms with van der Waals surface area (Å²) in [5.41, 5.74) is 0.598. The molecular formula is C13H17NO4S. The minimum Gasteiger partial charge on any atom is -0.478 e. The van der Waals surface area contributed by atoms with Crippen molar-refractivity contribution in [3.05, 3.63) is 28.0 Å². The van der Waals surface area contributed by atoms with E-state index in [0.717, 1.165) is 6.08 Å². The second-order valence-corrected chi connectivity index (χ2v) is 5.16. The van der Waals surface area contributed by atoms with Crippen molar-refractivity contribution in [1.29, 1.82) is 0 Å². The molecule has 0 spiro atoms. The zero-order valence-corrected chi connectivity index (χ0v) is 11.7. The van der Waals surface area contributed by atoms with Gasteiger partial charge in [-0.1, -0.05) is 0 Å². The highest BCUT2D eigenvalue weighted by Gasteiger charge is 2.16. The predicted octanol–water partition coefficient (Wildman–Crippen LogP) is 1.69. The molecule has 0 aliphatic carbocycles. The molecule has 0 aliphatic heterocycles. The number of carbonyl (C=O) groups excluding carboxylic acids is 1. The topological polar surface area (TPSA) is 77.8 Å². The number of aliphatic hydroxyl groups excluding tert-OH is 1. The molecule has 1 atom stereocenters. The number of nitrogens with zero attached hydrogens (tertiary/aromatic N) is 1. The number of thiophene rings is 1. The fourth-order valence-corrected chi connectivity index (χ4v) is 2.32. The van der Waals surface area contributed by atoms with E-state index in [4.69, 9.17) is 5.11 Å². The van der Waals surface area contributed by atoms with E-state index in [1.807, 2.05) is 0 Å². The number of hydrogen-bond donors (Lipinski definition) is 2. The van der Waals surface area contributed by atoms with E-state index in [9.17, 15) is 14.7 Å². The summed E-state index contributed by atoms with van der Waals surface area (Å²) in [4.78, 5) is 24.7. The van der Waals surface area contributed by atoms with Gasteiger partial charge in [-0.3, -0.25) is 4.79 Å². The molecule has 1 aromatic rings. The van der Waals surface area contributed by atoms with E-state index in [-0.39, 0.29) is 5.91 Å². The molecule has 1 amide bonds. The van der Waals surface area contributed by atoms with Crippen molar-refractivity contribution in [3.63, 3.8) is 0 Å². The van der Waals surface area contributed by atoms with Crippen LogP contribution < -0.4 is 0 Å². The molecule has 0 saturated heterocycles. The lowest BCUT2D eigenvalue weighted by Gasteiger charge is -2.17. The lowest BCUT2D eigenvalue weighted by Crippen LogP contribution is -2.29. The van der Waals surface area contributed by atoms with E-state index in [1.54, 1.807) is 25.4 Å². The average Bonchev–Trinajstić information content (AvgIpc) is 2.80. The number of carboxylic acids is 1. The Hall–Kier alpha value is -1.66. The molecule has 5 nitrogen and oxygen atoms in total. The van der Waals surface area contributed by atoms with Crippen LogP contribution in [0.2, 0.25) is 0 Å². The highest BCUT2D eigenvalue weighted by Crippen LogP contribution is 2.20. The molecule has 0 aliphatic rings. The van der Waals surface area contributed by atoms with Crippen LogP contribution in [0.4, 0.5) is 0 Å². The third-order valence-corrected chi connectivity index (χ3v) is 3.44. The van der Waals surface area contributed by atoms with Gasteiger partial charge in [0.1, 0.15) is 0 Å². The molecule has 104 valence electrons. The minimum absolute atomic E-state index is 0.166. The van der Waals surface area contributed by atoms with Gasteiger partial charge in [-0.2, -0.15) is 0 Å². The second kappa shape index (κ2) is 7.06. The van der Waals surface area contributed by atoms with Crippen molar-refractivity contribution in [2.45, 2.75) is 19.4 Å². The molecule has 6 heteroatoms. The minimum atomic E-state index is -1.05. The molecular weight excluding hydrogens is 266 g/mol. The van der Waals surface area contributed by atoms with Crippen molar-refractivity contribution in [3.8, 4) is 0 Å².